The van der Waals surface area contributed by atoms with Crippen LogP contribution in [0.15, 0.2) is 0 Å². The standard InChI is InChI=1S/C11H22ClN3O/c1-14-6-7-15(2)10(9-14)8-13-11(16)4-3-5-12/h10H,3-9H2,1-2H3,(H,13,16). The van der Waals surface area contributed by atoms with Crippen molar-refractivity contribution in [2.24, 2.45) is 0 Å². The van der Waals surface area contributed by atoms with E-state index in [2.05, 4.69) is 29.2 Å². The third-order valence-electron chi connectivity index (χ3n) is 3.05. The average Bonchev–Trinajstić information content (AvgIpc) is 2.27. The van der Waals surface area contributed by atoms with Gasteiger partial charge in [0.2, 0.25) is 5.91 Å². The number of hydrogen-bond donors (Lipinski definition) is 1. The highest BCUT2D eigenvalue weighted by Gasteiger charge is 2.22. The molecule has 1 N–H and O–H groups in total. The smallest absolute Gasteiger partial charge is 0.220 e. The van der Waals surface area contributed by atoms with Crippen LogP contribution in [-0.2, 0) is 4.79 Å². The Labute approximate surface area is 103 Å². The summed E-state index contributed by atoms with van der Waals surface area (Å²) in [4.78, 5) is 16.0. The van der Waals surface area contributed by atoms with Crippen molar-refractivity contribution >= 4 is 17.5 Å². The van der Waals surface area contributed by atoms with Crippen molar-refractivity contribution in [2.75, 3.05) is 46.2 Å². The summed E-state index contributed by atoms with van der Waals surface area (Å²) < 4.78 is 0. The van der Waals surface area contributed by atoms with Crippen LogP contribution >= 0.6 is 11.6 Å². The molecule has 1 amide bonds. The van der Waals surface area contributed by atoms with E-state index < -0.39 is 0 Å². The van der Waals surface area contributed by atoms with Gasteiger partial charge in [-0.05, 0) is 20.5 Å². The van der Waals surface area contributed by atoms with E-state index in [9.17, 15) is 4.79 Å². The second-order valence-electron chi connectivity index (χ2n) is 4.49. The van der Waals surface area contributed by atoms with E-state index >= 15 is 0 Å². The largest absolute Gasteiger partial charge is 0.354 e. The molecule has 16 heavy (non-hydrogen) atoms. The van der Waals surface area contributed by atoms with Gasteiger partial charge >= 0.3 is 0 Å². The Hall–Kier alpha value is -0.320. The van der Waals surface area contributed by atoms with Crippen molar-refractivity contribution in [3.05, 3.63) is 0 Å². The van der Waals surface area contributed by atoms with Gasteiger partial charge in [0, 0.05) is 44.5 Å². The van der Waals surface area contributed by atoms with Gasteiger partial charge in [-0.1, -0.05) is 0 Å². The van der Waals surface area contributed by atoms with Crippen molar-refractivity contribution in [2.45, 2.75) is 18.9 Å². The van der Waals surface area contributed by atoms with Gasteiger partial charge in [0.05, 0.1) is 0 Å². The van der Waals surface area contributed by atoms with Crippen LogP contribution in [-0.4, -0.2) is 67.9 Å². The van der Waals surface area contributed by atoms with E-state index in [1.807, 2.05) is 0 Å². The van der Waals surface area contributed by atoms with Crippen molar-refractivity contribution < 1.29 is 4.79 Å². The monoisotopic (exact) mass is 247 g/mol. The van der Waals surface area contributed by atoms with E-state index in [1.165, 1.54) is 0 Å². The first-order valence-corrected chi connectivity index (χ1v) is 6.38. The topological polar surface area (TPSA) is 35.6 Å². The third-order valence-corrected chi connectivity index (χ3v) is 3.32. The van der Waals surface area contributed by atoms with Crippen LogP contribution in [0.4, 0.5) is 0 Å². The summed E-state index contributed by atoms with van der Waals surface area (Å²) in [7, 11) is 4.23. The van der Waals surface area contributed by atoms with Gasteiger partial charge in [0.1, 0.15) is 0 Å². The SMILES string of the molecule is CN1CCN(C)C(CNC(=O)CCCCl)C1. The number of nitrogens with one attached hydrogen (secondary N) is 1. The van der Waals surface area contributed by atoms with Gasteiger partial charge in [0.15, 0.2) is 0 Å². The average molecular weight is 248 g/mol. The molecule has 0 spiro atoms. The highest BCUT2D eigenvalue weighted by molar-refractivity contribution is 6.17. The lowest BCUT2D eigenvalue weighted by atomic mass is 10.2. The summed E-state index contributed by atoms with van der Waals surface area (Å²) in [6.07, 6.45) is 1.30. The number of nitrogens with zero attached hydrogens (tertiary/aromatic N) is 2. The molecular formula is C11H22ClN3O. The maximum absolute atomic E-state index is 11.4. The minimum Gasteiger partial charge on any atom is -0.354 e. The zero-order valence-corrected chi connectivity index (χ0v) is 11.0. The lowest BCUT2D eigenvalue weighted by Gasteiger charge is -2.37. The number of alkyl halides is 1. The number of hydrogen-bond acceptors (Lipinski definition) is 3. The molecule has 0 aromatic carbocycles. The first kappa shape index (κ1) is 13.7. The maximum atomic E-state index is 11.4. The van der Waals surface area contributed by atoms with Crippen LogP contribution in [0.5, 0.6) is 0 Å². The predicted molar refractivity (Wildman–Crippen MR) is 66.9 cm³/mol. The molecule has 1 heterocycles. The molecule has 1 atom stereocenters. The van der Waals surface area contributed by atoms with Crippen LogP contribution in [0, 0.1) is 0 Å². The van der Waals surface area contributed by atoms with Crippen molar-refractivity contribution in [3.63, 3.8) is 0 Å². The Morgan fingerprint density at radius 2 is 2.19 bits per heavy atom. The summed E-state index contributed by atoms with van der Waals surface area (Å²) in [5.41, 5.74) is 0. The zero-order chi connectivity index (χ0) is 12.0. The van der Waals surface area contributed by atoms with Gasteiger partial charge in [-0.3, -0.25) is 9.69 Å². The number of carbonyl (C=O) groups is 1. The van der Waals surface area contributed by atoms with E-state index in [0.29, 0.717) is 18.3 Å². The third kappa shape index (κ3) is 4.68. The number of carbonyl (C=O) groups excluding carboxylic acids is 1. The van der Waals surface area contributed by atoms with Gasteiger partial charge in [-0.25, -0.2) is 0 Å². The Morgan fingerprint density at radius 1 is 1.44 bits per heavy atom. The second kappa shape index (κ2) is 7.09. The molecule has 0 radical (unpaired) electrons. The number of piperazine rings is 1. The number of halogens is 1. The van der Waals surface area contributed by atoms with Crippen molar-refractivity contribution in [1.29, 1.82) is 0 Å². The van der Waals surface area contributed by atoms with Crippen LogP contribution < -0.4 is 5.32 Å². The van der Waals surface area contributed by atoms with E-state index in [-0.39, 0.29) is 5.91 Å². The van der Waals surface area contributed by atoms with Crippen LogP contribution in [0.1, 0.15) is 12.8 Å². The van der Waals surface area contributed by atoms with Crippen LogP contribution in [0.25, 0.3) is 0 Å². The first-order valence-electron chi connectivity index (χ1n) is 5.85. The fraction of sp³-hybridized carbons (Fsp3) is 0.909. The highest BCUT2D eigenvalue weighted by Crippen LogP contribution is 2.04. The first-order chi connectivity index (χ1) is 7.63. The molecule has 0 aromatic rings. The fourth-order valence-electron chi connectivity index (χ4n) is 1.87. The molecule has 1 aliphatic rings. The molecule has 94 valence electrons. The molecule has 1 fully saturated rings. The Balaban J connectivity index is 2.22. The van der Waals surface area contributed by atoms with Crippen LogP contribution in [0.3, 0.4) is 0 Å². The maximum Gasteiger partial charge on any atom is 0.220 e. The molecule has 1 unspecified atom stereocenters. The van der Waals surface area contributed by atoms with Gasteiger partial charge in [0.25, 0.3) is 0 Å². The minimum atomic E-state index is 0.113. The predicted octanol–water partition coefficient (Wildman–Crippen LogP) is 0.367. The molecule has 5 heteroatoms. The number of amides is 1. The molecule has 0 saturated carbocycles. The van der Waals surface area contributed by atoms with Gasteiger partial charge in [-0.2, -0.15) is 0 Å². The molecular weight excluding hydrogens is 226 g/mol. The molecule has 1 aliphatic heterocycles. The lowest BCUT2D eigenvalue weighted by molar-refractivity contribution is -0.121. The van der Waals surface area contributed by atoms with E-state index in [1.54, 1.807) is 0 Å². The van der Waals surface area contributed by atoms with Gasteiger partial charge in [-0.15, -0.1) is 11.6 Å². The minimum absolute atomic E-state index is 0.113. The van der Waals surface area contributed by atoms with Crippen molar-refractivity contribution in [1.82, 2.24) is 15.1 Å². The fourth-order valence-corrected chi connectivity index (χ4v) is 2.00. The van der Waals surface area contributed by atoms with Crippen LogP contribution in [0.2, 0.25) is 0 Å². The summed E-state index contributed by atoms with van der Waals surface area (Å²) in [6.45, 7) is 3.93. The Kier molecular flexibility index (Phi) is 6.09. The zero-order valence-electron chi connectivity index (χ0n) is 10.2. The molecule has 0 aromatic heterocycles. The number of likely N-dealkylation sites (N-methyl/N-ethyl adjacent to an activating group) is 2. The molecule has 0 bridgehead atoms. The molecule has 1 rings (SSSR count). The Morgan fingerprint density at radius 3 is 2.88 bits per heavy atom. The summed E-state index contributed by atoms with van der Waals surface area (Å²) in [5.74, 6) is 0.668. The van der Waals surface area contributed by atoms with E-state index in [0.717, 1.165) is 32.6 Å². The second-order valence-corrected chi connectivity index (χ2v) is 4.87. The lowest BCUT2D eigenvalue weighted by Crippen LogP contribution is -2.54. The molecule has 1 saturated heterocycles. The normalized spacial score (nSPS) is 23.3. The molecule has 4 nitrogen and oxygen atoms in total. The highest BCUT2D eigenvalue weighted by atomic mass is 35.5. The van der Waals surface area contributed by atoms with Crippen molar-refractivity contribution in [3.8, 4) is 0 Å². The number of rotatable bonds is 5. The van der Waals surface area contributed by atoms with E-state index in [4.69, 9.17) is 11.6 Å². The Bertz CT molecular complexity index is 225. The molecule has 0 aliphatic carbocycles. The summed E-state index contributed by atoms with van der Waals surface area (Å²) in [5, 5.41) is 2.97. The summed E-state index contributed by atoms with van der Waals surface area (Å²) in [6, 6.07) is 0.429. The quantitative estimate of drug-likeness (QED) is 0.713. The van der Waals surface area contributed by atoms with Gasteiger partial charge < -0.3 is 10.2 Å². The summed E-state index contributed by atoms with van der Waals surface area (Å²) >= 11 is 5.54.